The van der Waals surface area contributed by atoms with Crippen LogP contribution >= 0.6 is 11.8 Å². The summed E-state index contributed by atoms with van der Waals surface area (Å²) in [4.78, 5) is 13.3. The van der Waals surface area contributed by atoms with Crippen LogP contribution in [0.25, 0.3) is 11.0 Å². The molecule has 2 aromatic heterocycles. The van der Waals surface area contributed by atoms with Gasteiger partial charge in [0.15, 0.2) is 0 Å². The second kappa shape index (κ2) is 9.62. The van der Waals surface area contributed by atoms with E-state index in [0.29, 0.717) is 12.2 Å². The molecule has 3 aromatic rings. The van der Waals surface area contributed by atoms with Crippen LogP contribution in [0.15, 0.2) is 47.2 Å². The van der Waals surface area contributed by atoms with Crippen LogP contribution in [0.4, 0.5) is 5.69 Å². The van der Waals surface area contributed by atoms with Crippen molar-refractivity contribution in [1.82, 2.24) is 4.98 Å². The van der Waals surface area contributed by atoms with Crippen molar-refractivity contribution in [3.05, 3.63) is 59.6 Å². The van der Waals surface area contributed by atoms with Gasteiger partial charge in [-0.1, -0.05) is 18.2 Å². The number of nitrogens with one attached hydrogen (secondary N) is 2. The SMILES string of the molecule is COC=O.CSCNc1cc(C)ncc1C(=N)c1coc2ccccc12. The standard InChI is InChI=1S/C17H17N3OS.C2H4O2/c1-11-7-15(20-10-22-2)13(8-19-11)17(18)14-9-21-16-6-4-3-5-12(14)16;1-4-2-3/h3-9,18H,10H2,1-2H3,(H,19,20);2H,1H3. The first-order valence-electron chi connectivity index (χ1n) is 7.83. The molecule has 3 rings (SSSR count). The summed E-state index contributed by atoms with van der Waals surface area (Å²) in [6.07, 6.45) is 5.43. The van der Waals surface area contributed by atoms with Crippen molar-refractivity contribution in [1.29, 1.82) is 5.41 Å². The Kier molecular flexibility index (Phi) is 7.23. The minimum absolute atomic E-state index is 0.375. The Hall–Kier alpha value is -2.80. The van der Waals surface area contributed by atoms with E-state index in [9.17, 15) is 0 Å². The van der Waals surface area contributed by atoms with Crippen molar-refractivity contribution >= 4 is 40.6 Å². The molecule has 0 fully saturated rings. The number of carbonyl (C=O) groups is 1. The van der Waals surface area contributed by atoms with Gasteiger partial charge in [0, 0.05) is 34.1 Å². The number of thioether (sulfide) groups is 1. The highest BCUT2D eigenvalue weighted by Crippen LogP contribution is 2.26. The van der Waals surface area contributed by atoms with Gasteiger partial charge in [0.25, 0.3) is 6.47 Å². The number of para-hydroxylation sites is 1. The van der Waals surface area contributed by atoms with Crippen molar-refractivity contribution in [2.24, 2.45) is 0 Å². The number of fused-ring (bicyclic) bond motifs is 1. The van der Waals surface area contributed by atoms with Crippen LogP contribution in [0.2, 0.25) is 0 Å². The van der Waals surface area contributed by atoms with Crippen LogP contribution in [0.5, 0.6) is 0 Å². The molecule has 0 saturated carbocycles. The topological polar surface area (TPSA) is 88.2 Å². The van der Waals surface area contributed by atoms with E-state index >= 15 is 0 Å². The minimum atomic E-state index is 0.375. The third-order valence-electron chi connectivity index (χ3n) is 3.56. The van der Waals surface area contributed by atoms with E-state index in [-0.39, 0.29) is 0 Å². The highest BCUT2D eigenvalue weighted by Gasteiger charge is 2.15. The summed E-state index contributed by atoms with van der Waals surface area (Å²) in [5.74, 6) is 0.788. The second-order valence-electron chi connectivity index (χ2n) is 5.33. The largest absolute Gasteiger partial charge is 0.471 e. The molecule has 2 N–H and O–H groups in total. The average molecular weight is 371 g/mol. The van der Waals surface area contributed by atoms with E-state index in [1.807, 2.05) is 43.5 Å². The van der Waals surface area contributed by atoms with Crippen molar-refractivity contribution in [2.75, 3.05) is 24.6 Å². The zero-order valence-electron chi connectivity index (χ0n) is 14.9. The number of benzene rings is 1. The van der Waals surface area contributed by atoms with Crippen LogP contribution in [0.1, 0.15) is 16.8 Å². The smallest absolute Gasteiger partial charge is 0.292 e. The number of hydrogen-bond acceptors (Lipinski definition) is 7. The Morgan fingerprint density at radius 1 is 1.38 bits per heavy atom. The van der Waals surface area contributed by atoms with Gasteiger partial charge < -0.3 is 14.5 Å². The summed E-state index contributed by atoms with van der Waals surface area (Å²) in [6.45, 7) is 2.32. The predicted molar refractivity (Wildman–Crippen MR) is 106 cm³/mol. The van der Waals surface area contributed by atoms with Crippen molar-refractivity contribution in [3.63, 3.8) is 0 Å². The number of methoxy groups -OCH3 is 1. The molecule has 0 spiro atoms. The van der Waals surface area contributed by atoms with E-state index in [0.717, 1.165) is 39.4 Å². The van der Waals surface area contributed by atoms with Crippen LogP contribution in [0.3, 0.4) is 0 Å². The third-order valence-corrected chi connectivity index (χ3v) is 4.00. The highest BCUT2D eigenvalue weighted by atomic mass is 32.2. The van der Waals surface area contributed by atoms with E-state index in [1.165, 1.54) is 7.11 Å². The number of pyridine rings is 1. The summed E-state index contributed by atoms with van der Waals surface area (Å²) >= 11 is 1.70. The number of hydrogen-bond donors (Lipinski definition) is 2. The molecule has 0 atom stereocenters. The number of ether oxygens (including phenoxy) is 1. The van der Waals surface area contributed by atoms with Gasteiger partial charge in [0.1, 0.15) is 11.8 Å². The van der Waals surface area contributed by atoms with Gasteiger partial charge in [-0.2, -0.15) is 0 Å². The molecule has 0 unspecified atom stereocenters. The molecule has 26 heavy (non-hydrogen) atoms. The van der Waals surface area contributed by atoms with Crippen molar-refractivity contribution < 1.29 is 13.9 Å². The Balaban J connectivity index is 0.000000552. The number of furan rings is 1. The van der Waals surface area contributed by atoms with Crippen LogP contribution in [-0.2, 0) is 9.53 Å². The van der Waals surface area contributed by atoms with Gasteiger partial charge in [0.05, 0.1) is 18.7 Å². The molecule has 0 aliphatic carbocycles. The molecule has 2 heterocycles. The third kappa shape index (κ3) is 4.64. The fourth-order valence-corrected chi connectivity index (χ4v) is 2.67. The normalized spacial score (nSPS) is 9.96. The van der Waals surface area contributed by atoms with E-state index < -0.39 is 0 Å². The van der Waals surface area contributed by atoms with Crippen molar-refractivity contribution in [3.8, 4) is 0 Å². The molecule has 7 heteroatoms. The second-order valence-corrected chi connectivity index (χ2v) is 6.20. The van der Waals surface area contributed by atoms with Crippen LogP contribution in [-0.4, -0.2) is 36.4 Å². The molecule has 1 aromatic carbocycles. The first-order chi connectivity index (χ1) is 12.6. The quantitative estimate of drug-likeness (QED) is 0.386. The lowest BCUT2D eigenvalue weighted by atomic mass is 10.0. The Bertz CT molecular complexity index is 893. The zero-order valence-corrected chi connectivity index (χ0v) is 15.7. The van der Waals surface area contributed by atoms with Crippen LogP contribution in [0, 0.1) is 12.3 Å². The number of carbonyl (C=O) groups excluding carboxylic acids is 1. The number of aryl methyl sites for hydroxylation is 1. The molecule has 6 nitrogen and oxygen atoms in total. The van der Waals surface area contributed by atoms with Crippen LogP contribution < -0.4 is 5.32 Å². The lowest BCUT2D eigenvalue weighted by Gasteiger charge is -2.12. The minimum Gasteiger partial charge on any atom is -0.471 e. The monoisotopic (exact) mass is 371 g/mol. The van der Waals surface area contributed by atoms with Gasteiger partial charge >= 0.3 is 0 Å². The summed E-state index contributed by atoms with van der Waals surface area (Å²) in [7, 11) is 1.31. The van der Waals surface area contributed by atoms with Gasteiger partial charge in [-0.3, -0.25) is 15.2 Å². The first-order valence-corrected chi connectivity index (χ1v) is 9.23. The molecule has 0 radical (unpaired) electrons. The molecule has 0 saturated heterocycles. The highest BCUT2D eigenvalue weighted by molar-refractivity contribution is 7.98. The predicted octanol–water partition coefficient (Wildman–Crippen LogP) is 4.07. The Morgan fingerprint density at radius 3 is 2.81 bits per heavy atom. The Labute approximate surface area is 156 Å². The van der Waals surface area contributed by atoms with Gasteiger partial charge in [0.2, 0.25) is 0 Å². The van der Waals surface area contributed by atoms with Gasteiger partial charge in [-0.25, -0.2) is 0 Å². The Morgan fingerprint density at radius 2 is 2.12 bits per heavy atom. The lowest BCUT2D eigenvalue weighted by molar-refractivity contribution is -0.126. The number of nitrogens with zero attached hydrogens (tertiary/aromatic N) is 1. The van der Waals surface area contributed by atoms with E-state index in [2.05, 4.69) is 15.0 Å². The number of anilines is 1. The van der Waals surface area contributed by atoms with E-state index in [4.69, 9.17) is 14.6 Å². The maximum absolute atomic E-state index is 8.95. The van der Waals surface area contributed by atoms with E-state index in [1.54, 1.807) is 24.2 Å². The number of aromatic nitrogens is 1. The summed E-state index contributed by atoms with van der Waals surface area (Å²) in [5, 5.41) is 12.9. The first kappa shape index (κ1) is 19.5. The average Bonchev–Trinajstić information content (AvgIpc) is 3.10. The maximum atomic E-state index is 8.95. The molecular formula is C19H21N3O3S. The molecule has 136 valence electrons. The molecule has 0 aliphatic heterocycles. The summed E-state index contributed by atoms with van der Waals surface area (Å²) in [5.41, 5.74) is 4.64. The lowest BCUT2D eigenvalue weighted by Crippen LogP contribution is -2.08. The maximum Gasteiger partial charge on any atom is 0.292 e. The molecule has 0 bridgehead atoms. The fraction of sp³-hybridized carbons (Fsp3) is 0.211. The number of rotatable bonds is 6. The summed E-state index contributed by atoms with van der Waals surface area (Å²) in [6, 6.07) is 9.74. The van der Waals surface area contributed by atoms with Gasteiger partial charge in [-0.05, 0) is 25.3 Å². The zero-order chi connectivity index (χ0) is 18.9. The molecule has 0 aliphatic rings. The fourth-order valence-electron chi connectivity index (χ4n) is 2.37. The molecule has 0 amide bonds. The van der Waals surface area contributed by atoms with Crippen molar-refractivity contribution in [2.45, 2.75) is 6.92 Å². The molecular weight excluding hydrogens is 350 g/mol. The summed E-state index contributed by atoms with van der Waals surface area (Å²) < 4.78 is 9.41. The van der Waals surface area contributed by atoms with Gasteiger partial charge in [-0.15, -0.1) is 11.8 Å².